The Morgan fingerprint density at radius 1 is 0.771 bits per heavy atom. The predicted molar refractivity (Wildman–Crippen MR) is 181 cm³/mol. The van der Waals surface area contributed by atoms with Crippen LogP contribution in [0.5, 0.6) is 5.75 Å². The van der Waals surface area contributed by atoms with Crippen LogP contribution in [-0.4, -0.2) is 96.7 Å². The van der Waals surface area contributed by atoms with Crippen molar-refractivity contribution in [1.82, 2.24) is 0 Å². The van der Waals surface area contributed by atoms with Gasteiger partial charge in [0.25, 0.3) is 0 Å². The molecule has 3 atom stereocenters. The average Bonchev–Trinajstić information content (AvgIpc) is 3.08. The van der Waals surface area contributed by atoms with Gasteiger partial charge in [-0.05, 0) is 44.5 Å². The van der Waals surface area contributed by atoms with Gasteiger partial charge in [-0.3, -0.25) is 4.79 Å². The topological polar surface area (TPSA) is 134 Å². The highest BCUT2D eigenvalue weighted by Crippen LogP contribution is 2.34. The molecule has 0 bridgehead atoms. The fourth-order valence-corrected chi connectivity index (χ4v) is 5.55. The minimum absolute atomic E-state index is 0.0331. The van der Waals surface area contributed by atoms with E-state index in [4.69, 9.17) is 42.6 Å². The lowest BCUT2D eigenvalue weighted by molar-refractivity contribution is -0.208. The molecule has 262 valence electrons. The SMILES string of the molecule is C=CC(=O)OCCOCCOC(C)OCC(COc1ccc(C)c2c(=O)c3ccccc3sc12)OC(C)OCCOCCOC(=O)C=C. The van der Waals surface area contributed by atoms with Crippen LogP contribution < -0.4 is 10.2 Å². The first-order valence-corrected chi connectivity index (χ1v) is 16.4. The Hall–Kier alpha value is -3.69. The Morgan fingerprint density at radius 3 is 2.02 bits per heavy atom. The van der Waals surface area contributed by atoms with E-state index >= 15 is 0 Å². The van der Waals surface area contributed by atoms with Gasteiger partial charge in [-0.1, -0.05) is 31.4 Å². The number of benzene rings is 2. The van der Waals surface area contributed by atoms with Gasteiger partial charge in [-0.15, -0.1) is 11.3 Å². The van der Waals surface area contributed by atoms with Crippen molar-refractivity contribution in [2.24, 2.45) is 0 Å². The summed E-state index contributed by atoms with van der Waals surface area (Å²) in [6.07, 6.45) is 0.379. The van der Waals surface area contributed by atoms with E-state index in [1.54, 1.807) is 13.8 Å². The Labute approximate surface area is 284 Å². The van der Waals surface area contributed by atoms with Crippen LogP contribution in [0.25, 0.3) is 20.2 Å². The molecule has 3 unspecified atom stereocenters. The molecule has 0 spiro atoms. The van der Waals surface area contributed by atoms with Crippen molar-refractivity contribution in [2.45, 2.75) is 39.5 Å². The Balaban J connectivity index is 1.57. The monoisotopic (exact) mass is 688 g/mol. The van der Waals surface area contributed by atoms with E-state index in [0.29, 0.717) is 16.5 Å². The van der Waals surface area contributed by atoms with Crippen molar-refractivity contribution in [2.75, 3.05) is 66.1 Å². The molecule has 12 nitrogen and oxygen atoms in total. The largest absolute Gasteiger partial charge is 0.489 e. The van der Waals surface area contributed by atoms with Crippen LogP contribution >= 0.6 is 11.3 Å². The van der Waals surface area contributed by atoms with Gasteiger partial charge in [0, 0.05) is 27.6 Å². The molecule has 0 aliphatic heterocycles. The molecule has 0 saturated heterocycles. The molecule has 0 aliphatic carbocycles. The maximum absolute atomic E-state index is 13.4. The van der Waals surface area contributed by atoms with E-state index < -0.39 is 30.6 Å². The number of aryl methyl sites for hydroxylation is 1. The van der Waals surface area contributed by atoms with E-state index in [1.807, 2.05) is 43.3 Å². The first-order chi connectivity index (χ1) is 23.2. The summed E-state index contributed by atoms with van der Waals surface area (Å²) >= 11 is 1.50. The normalized spacial score (nSPS) is 13.1. The van der Waals surface area contributed by atoms with Gasteiger partial charge in [0.1, 0.15) is 31.7 Å². The summed E-state index contributed by atoms with van der Waals surface area (Å²) in [6.45, 7) is 14.0. The molecule has 13 heteroatoms. The van der Waals surface area contributed by atoms with E-state index in [1.165, 1.54) is 11.3 Å². The zero-order valence-corrected chi connectivity index (χ0v) is 28.5. The van der Waals surface area contributed by atoms with Crippen LogP contribution in [0, 0.1) is 6.92 Å². The highest BCUT2D eigenvalue weighted by molar-refractivity contribution is 7.24. The van der Waals surface area contributed by atoms with Crippen molar-refractivity contribution >= 4 is 43.4 Å². The quantitative estimate of drug-likeness (QED) is 0.0424. The van der Waals surface area contributed by atoms with E-state index in [2.05, 4.69) is 13.2 Å². The molecule has 1 heterocycles. The summed E-state index contributed by atoms with van der Waals surface area (Å²) in [4.78, 5) is 35.5. The molecule has 48 heavy (non-hydrogen) atoms. The summed E-state index contributed by atoms with van der Waals surface area (Å²) in [5.41, 5.74) is 0.839. The molecule has 0 N–H and O–H groups in total. The highest BCUT2D eigenvalue weighted by Gasteiger charge is 2.19. The zero-order valence-electron chi connectivity index (χ0n) is 27.6. The minimum Gasteiger partial charge on any atom is -0.489 e. The molecule has 0 radical (unpaired) electrons. The molecular formula is C35H44O12S. The summed E-state index contributed by atoms with van der Waals surface area (Å²) in [5, 5.41) is 1.30. The van der Waals surface area contributed by atoms with Crippen LogP contribution in [0.4, 0.5) is 0 Å². The second kappa shape index (κ2) is 21.3. The standard InChI is InChI=1S/C35H44O12S/c1-6-31(36)43-20-16-39-14-18-41-25(4)45-22-27(47-26(5)42-19-15-40-17-21-44-32(37)7-2)23-46-29-13-12-24(3)33-34(38)28-10-8-9-11-30(28)48-35(29)33/h6-13,25-27H,1-2,14-23H2,3-5H3. The minimum atomic E-state index is -0.640. The van der Waals surface area contributed by atoms with Crippen LogP contribution in [-0.2, 0) is 47.5 Å². The van der Waals surface area contributed by atoms with Crippen LogP contribution in [0.2, 0.25) is 0 Å². The molecule has 0 saturated carbocycles. The second-order valence-electron chi connectivity index (χ2n) is 10.3. The highest BCUT2D eigenvalue weighted by atomic mass is 32.1. The predicted octanol–water partition coefficient (Wildman–Crippen LogP) is 4.72. The van der Waals surface area contributed by atoms with Gasteiger partial charge in [0.2, 0.25) is 0 Å². The Kier molecular flexibility index (Phi) is 17.2. The number of esters is 2. The molecule has 3 rings (SSSR count). The maximum atomic E-state index is 13.4. The fraction of sp³-hybridized carbons (Fsp3) is 0.457. The van der Waals surface area contributed by atoms with Crippen LogP contribution in [0.15, 0.2) is 66.5 Å². The van der Waals surface area contributed by atoms with Crippen LogP contribution in [0.1, 0.15) is 19.4 Å². The van der Waals surface area contributed by atoms with Gasteiger partial charge in [0.15, 0.2) is 18.0 Å². The van der Waals surface area contributed by atoms with Crippen molar-refractivity contribution in [3.8, 4) is 5.75 Å². The summed E-state index contributed by atoms with van der Waals surface area (Å²) in [6, 6.07) is 11.3. The summed E-state index contributed by atoms with van der Waals surface area (Å²) < 4.78 is 51.9. The number of hydrogen-bond acceptors (Lipinski definition) is 13. The number of carbonyl (C=O) groups excluding carboxylic acids is 2. The molecule has 0 fully saturated rings. The number of fused-ring (bicyclic) bond motifs is 2. The number of rotatable bonds is 24. The smallest absolute Gasteiger partial charge is 0.330 e. The van der Waals surface area contributed by atoms with Crippen molar-refractivity contribution < 1.29 is 52.2 Å². The molecular weight excluding hydrogens is 644 g/mol. The third kappa shape index (κ3) is 13.1. The first-order valence-electron chi connectivity index (χ1n) is 15.6. The molecule has 0 amide bonds. The van der Waals surface area contributed by atoms with E-state index in [9.17, 15) is 14.4 Å². The molecule has 2 aromatic carbocycles. The second-order valence-corrected chi connectivity index (χ2v) is 11.3. The summed E-state index contributed by atoms with van der Waals surface area (Å²) in [5.74, 6) is -0.448. The lowest BCUT2D eigenvalue weighted by Crippen LogP contribution is -2.34. The average molecular weight is 689 g/mol. The van der Waals surface area contributed by atoms with E-state index in [-0.39, 0.29) is 71.5 Å². The van der Waals surface area contributed by atoms with Crippen LogP contribution in [0.3, 0.4) is 0 Å². The van der Waals surface area contributed by atoms with Crippen molar-refractivity contribution in [3.05, 3.63) is 77.5 Å². The Bertz CT molecular complexity index is 1540. The van der Waals surface area contributed by atoms with E-state index in [0.717, 1.165) is 27.1 Å². The number of hydrogen-bond donors (Lipinski definition) is 0. The zero-order chi connectivity index (χ0) is 34.7. The lowest BCUT2D eigenvalue weighted by Gasteiger charge is -2.25. The third-order valence-corrected chi connectivity index (χ3v) is 7.85. The summed E-state index contributed by atoms with van der Waals surface area (Å²) in [7, 11) is 0. The number of ether oxygens (including phenoxy) is 9. The Morgan fingerprint density at radius 2 is 1.38 bits per heavy atom. The van der Waals surface area contributed by atoms with Crippen molar-refractivity contribution in [1.29, 1.82) is 0 Å². The van der Waals surface area contributed by atoms with Gasteiger partial charge in [0.05, 0.1) is 50.9 Å². The van der Waals surface area contributed by atoms with Gasteiger partial charge >= 0.3 is 11.9 Å². The molecule has 0 aliphatic rings. The first kappa shape index (κ1) is 38.8. The van der Waals surface area contributed by atoms with Crippen molar-refractivity contribution in [3.63, 3.8) is 0 Å². The number of carbonyl (C=O) groups is 2. The third-order valence-electron chi connectivity index (χ3n) is 6.66. The lowest BCUT2D eigenvalue weighted by atomic mass is 10.1. The fourth-order valence-electron chi connectivity index (χ4n) is 4.33. The molecule has 1 aromatic heterocycles. The van der Waals surface area contributed by atoms with Gasteiger partial charge in [-0.2, -0.15) is 0 Å². The maximum Gasteiger partial charge on any atom is 0.330 e. The van der Waals surface area contributed by atoms with Gasteiger partial charge in [-0.25, -0.2) is 9.59 Å². The van der Waals surface area contributed by atoms with Gasteiger partial charge < -0.3 is 42.6 Å². The molecule has 3 aromatic rings.